The van der Waals surface area contributed by atoms with E-state index in [-0.39, 0.29) is 17.4 Å². The lowest BCUT2D eigenvalue weighted by atomic mass is 10.1. The first-order chi connectivity index (χ1) is 10.1. The minimum atomic E-state index is -0.439. The number of hydrogen-bond donors (Lipinski definition) is 2. The van der Waals surface area contributed by atoms with Crippen LogP contribution in [0, 0.1) is 10.1 Å². The van der Waals surface area contributed by atoms with Crippen LogP contribution in [0.4, 0.5) is 5.69 Å². The Kier molecular flexibility index (Phi) is 3.57. The number of nitrogens with one attached hydrogen (secondary N) is 2. The molecule has 2 aromatic rings. The summed E-state index contributed by atoms with van der Waals surface area (Å²) in [4.78, 5) is 25.3. The molecule has 1 aromatic heterocycles. The summed E-state index contributed by atoms with van der Waals surface area (Å²) in [6.07, 6.45) is 3.58. The highest BCUT2D eigenvalue weighted by Crippen LogP contribution is 2.23. The molecule has 0 atom stereocenters. The van der Waals surface area contributed by atoms with Crippen molar-refractivity contribution in [1.29, 1.82) is 0 Å². The number of aromatic nitrogens is 2. The Balaban J connectivity index is 1.95. The van der Waals surface area contributed by atoms with Gasteiger partial charge in [-0.25, -0.2) is 4.79 Å². The molecule has 0 radical (unpaired) electrons. The standard InChI is InChI=1S/C14H16N4O3/c19-14-16-13(9-17(14)11-4-6-15-7-5-11)10-2-1-3-12(8-10)18(20)21/h1-3,8-9,11,15H,4-7H2,(H,16,19). The molecular formula is C14H16N4O3. The van der Waals surface area contributed by atoms with E-state index < -0.39 is 4.92 Å². The highest BCUT2D eigenvalue weighted by molar-refractivity contribution is 5.61. The van der Waals surface area contributed by atoms with Gasteiger partial charge in [0.15, 0.2) is 0 Å². The van der Waals surface area contributed by atoms with E-state index in [0.29, 0.717) is 11.3 Å². The van der Waals surface area contributed by atoms with Crippen molar-refractivity contribution < 1.29 is 4.92 Å². The first-order valence-electron chi connectivity index (χ1n) is 6.92. The van der Waals surface area contributed by atoms with Gasteiger partial charge in [-0.1, -0.05) is 12.1 Å². The monoisotopic (exact) mass is 288 g/mol. The fourth-order valence-corrected chi connectivity index (χ4v) is 2.70. The second-order valence-corrected chi connectivity index (χ2v) is 5.17. The molecule has 7 nitrogen and oxygen atoms in total. The van der Waals surface area contributed by atoms with Crippen molar-refractivity contribution in [3.8, 4) is 11.3 Å². The molecule has 0 spiro atoms. The largest absolute Gasteiger partial charge is 0.326 e. The first-order valence-corrected chi connectivity index (χ1v) is 6.92. The topological polar surface area (TPSA) is 93.0 Å². The summed E-state index contributed by atoms with van der Waals surface area (Å²) >= 11 is 0. The van der Waals surface area contributed by atoms with Crippen LogP contribution in [-0.4, -0.2) is 27.6 Å². The van der Waals surface area contributed by atoms with Crippen LogP contribution < -0.4 is 11.0 Å². The fraction of sp³-hybridized carbons (Fsp3) is 0.357. The fourth-order valence-electron chi connectivity index (χ4n) is 2.70. The number of piperidine rings is 1. The van der Waals surface area contributed by atoms with E-state index in [4.69, 9.17) is 0 Å². The van der Waals surface area contributed by atoms with Crippen molar-refractivity contribution in [1.82, 2.24) is 14.9 Å². The molecule has 0 aliphatic carbocycles. The van der Waals surface area contributed by atoms with Gasteiger partial charge in [-0.3, -0.25) is 14.7 Å². The number of nitro benzene ring substituents is 1. The Labute approximate surface area is 120 Å². The van der Waals surface area contributed by atoms with Gasteiger partial charge in [0.05, 0.1) is 10.6 Å². The number of aromatic amines is 1. The van der Waals surface area contributed by atoms with Crippen molar-refractivity contribution in [2.75, 3.05) is 13.1 Å². The third-order valence-corrected chi connectivity index (χ3v) is 3.81. The average Bonchev–Trinajstić information content (AvgIpc) is 2.90. The van der Waals surface area contributed by atoms with Crippen molar-refractivity contribution in [2.24, 2.45) is 0 Å². The molecule has 1 aliphatic heterocycles. The smallest absolute Gasteiger partial charge is 0.317 e. The minimum Gasteiger partial charge on any atom is -0.317 e. The molecule has 1 fully saturated rings. The predicted molar refractivity (Wildman–Crippen MR) is 78.3 cm³/mol. The average molecular weight is 288 g/mol. The summed E-state index contributed by atoms with van der Waals surface area (Å²) in [7, 11) is 0. The summed E-state index contributed by atoms with van der Waals surface area (Å²) in [6, 6.07) is 6.46. The molecule has 0 bridgehead atoms. The highest BCUT2D eigenvalue weighted by atomic mass is 16.6. The second kappa shape index (κ2) is 5.53. The molecule has 21 heavy (non-hydrogen) atoms. The highest BCUT2D eigenvalue weighted by Gasteiger charge is 2.18. The van der Waals surface area contributed by atoms with Gasteiger partial charge in [-0.15, -0.1) is 0 Å². The maximum Gasteiger partial charge on any atom is 0.326 e. The molecule has 0 unspecified atom stereocenters. The van der Waals surface area contributed by atoms with E-state index in [2.05, 4.69) is 10.3 Å². The Morgan fingerprint density at radius 2 is 2.05 bits per heavy atom. The molecule has 2 heterocycles. The van der Waals surface area contributed by atoms with Crippen LogP contribution in [-0.2, 0) is 0 Å². The Hall–Kier alpha value is -2.41. The lowest BCUT2D eigenvalue weighted by molar-refractivity contribution is -0.384. The number of hydrogen-bond acceptors (Lipinski definition) is 4. The maximum absolute atomic E-state index is 12.1. The molecule has 0 saturated carbocycles. The Bertz CT molecular complexity index is 713. The molecule has 110 valence electrons. The van der Waals surface area contributed by atoms with Crippen LogP contribution in [0.15, 0.2) is 35.3 Å². The van der Waals surface area contributed by atoms with Crippen molar-refractivity contribution in [2.45, 2.75) is 18.9 Å². The molecule has 7 heteroatoms. The summed E-state index contributed by atoms with van der Waals surface area (Å²) in [5, 5.41) is 14.1. The van der Waals surface area contributed by atoms with E-state index in [1.165, 1.54) is 12.1 Å². The third-order valence-electron chi connectivity index (χ3n) is 3.81. The van der Waals surface area contributed by atoms with E-state index in [1.807, 2.05) is 0 Å². The van der Waals surface area contributed by atoms with Gasteiger partial charge < -0.3 is 10.3 Å². The third kappa shape index (κ3) is 2.73. The number of rotatable bonds is 3. The van der Waals surface area contributed by atoms with Gasteiger partial charge in [-0.05, 0) is 25.9 Å². The first kappa shape index (κ1) is 13.6. The van der Waals surface area contributed by atoms with Crippen molar-refractivity contribution >= 4 is 5.69 Å². The van der Waals surface area contributed by atoms with Gasteiger partial charge in [0, 0.05) is 29.9 Å². The molecule has 1 aromatic carbocycles. The Morgan fingerprint density at radius 3 is 2.76 bits per heavy atom. The number of benzene rings is 1. The van der Waals surface area contributed by atoms with Crippen LogP contribution in [0.5, 0.6) is 0 Å². The number of nitrogens with zero attached hydrogens (tertiary/aromatic N) is 2. The van der Waals surface area contributed by atoms with Crippen LogP contribution >= 0.6 is 0 Å². The SMILES string of the molecule is O=c1[nH]c(-c2cccc([N+](=O)[O-])c2)cn1C1CCNCC1. The van der Waals surface area contributed by atoms with Gasteiger partial charge in [0.25, 0.3) is 5.69 Å². The molecule has 3 rings (SSSR count). The van der Waals surface area contributed by atoms with Gasteiger partial charge in [-0.2, -0.15) is 0 Å². The maximum atomic E-state index is 12.1. The summed E-state index contributed by atoms with van der Waals surface area (Å²) in [5.41, 5.74) is 1.11. The predicted octanol–water partition coefficient (Wildman–Crippen LogP) is 1.68. The molecule has 0 amide bonds. The van der Waals surface area contributed by atoms with E-state index >= 15 is 0 Å². The lowest BCUT2D eigenvalue weighted by Gasteiger charge is -2.22. The zero-order valence-corrected chi connectivity index (χ0v) is 11.4. The van der Waals surface area contributed by atoms with E-state index in [1.54, 1.807) is 22.9 Å². The number of H-pyrrole nitrogens is 1. The van der Waals surface area contributed by atoms with Crippen molar-refractivity contribution in [3.05, 3.63) is 51.1 Å². The van der Waals surface area contributed by atoms with E-state index in [0.717, 1.165) is 25.9 Å². The summed E-state index contributed by atoms with van der Waals surface area (Å²) in [5.74, 6) is 0. The quantitative estimate of drug-likeness (QED) is 0.663. The normalized spacial score (nSPS) is 16.0. The summed E-state index contributed by atoms with van der Waals surface area (Å²) in [6.45, 7) is 1.79. The molecule has 1 saturated heterocycles. The summed E-state index contributed by atoms with van der Waals surface area (Å²) < 4.78 is 1.70. The second-order valence-electron chi connectivity index (χ2n) is 5.17. The van der Waals surface area contributed by atoms with Gasteiger partial charge in [0.1, 0.15) is 0 Å². The van der Waals surface area contributed by atoms with Crippen LogP contribution in [0.2, 0.25) is 0 Å². The molecular weight excluding hydrogens is 272 g/mol. The molecule has 1 aliphatic rings. The zero-order valence-electron chi connectivity index (χ0n) is 11.4. The number of non-ortho nitro benzene ring substituents is 1. The van der Waals surface area contributed by atoms with E-state index in [9.17, 15) is 14.9 Å². The Morgan fingerprint density at radius 1 is 1.29 bits per heavy atom. The van der Waals surface area contributed by atoms with Crippen molar-refractivity contribution in [3.63, 3.8) is 0 Å². The van der Waals surface area contributed by atoms with Crippen LogP contribution in [0.25, 0.3) is 11.3 Å². The minimum absolute atomic E-state index is 0.0166. The zero-order chi connectivity index (χ0) is 14.8. The number of imidazole rings is 1. The lowest BCUT2D eigenvalue weighted by Crippen LogP contribution is -2.32. The van der Waals surface area contributed by atoms with Gasteiger partial charge in [0.2, 0.25) is 0 Å². The van der Waals surface area contributed by atoms with Gasteiger partial charge >= 0.3 is 5.69 Å². The van der Waals surface area contributed by atoms with Crippen LogP contribution in [0.3, 0.4) is 0 Å². The number of nitro groups is 1. The molecule has 2 N–H and O–H groups in total. The van der Waals surface area contributed by atoms with Crippen LogP contribution in [0.1, 0.15) is 18.9 Å².